The van der Waals surface area contributed by atoms with E-state index >= 15 is 0 Å². The van der Waals surface area contributed by atoms with Gasteiger partial charge in [0.25, 0.3) is 10.2 Å². The van der Waals surface area contributed by atoms with Gasteiger partial charge in [-0.05, 0) is 45.2 Å². The van der Waals surface area contributed by atoms with Gasteiger partial charge in [-0.3, -0.25) is 0 Å². The molecule has 1 heterocycles. The van der Waals surface area contributed by atoms with Crippen LogP contribution in [0.4, 0.5) is 0 Å². The zero-order valence-electron chi connectivity index (χ0n) is 13.8. The van der Waals surface area contributed by atoms with Crippen molar-refractivity contribution in [3.8, 4) is 0 Å². The SMILES string of the molecule is CCOCC(NS(=O)(=O)N1CCC(CNC)CC1)C(C)C. The number of nitrogens with one attached hydrogen (secondary N) is 2. The fourth-order valence-electron chi connectivity index (χ4n) is 2.52. The molecule has 1 aliphatic heterocycles. The van der Waals surface area contributed by atoms with Gasteiger partial charge >= 0.3 is 0 Å². The van der Waals surface area contributed by atoms with E-state index in [0.29, 0.717) is 32.2 Å². The molecule has 7 heteroatoms. The molecule has 126 valence electrons. The molecule has 0 amide bonds. The summed E-state index contributed by atoms with van der Waals surface area (Å²) in [5.41, 5.74) is 0. The molecule has 1 rings (SSSR count). The number of hydrogen-bond acceptors (Lipinski definition) is 4. The topological polar surface area (TPSA) is 70.7 Å². The van der Waals surface area contributed by atoms with Crippen molar-refractivity contribution in [2.75, 3.05) is 39.9 Å². The van der Waals surface area contributed by atoms with E-state index in [-0.39, 0.29) is 12.0 Å². The van der Waals surface area contributed by atoms with E-state index in [0.717, 1.165) is 19.4 Å². The number of nitrogens with zero attached hydrogens (tertiary/aromatic N) is 1. The van der Waals surface area contributed by atoms with E-state index in [9.17, 15) is 8.42 Å². The highest BCUT2D eigenvalue weighted by molar-refractivity contribution is 7.87. The molecular formula is C14H31N3O3S. The standard InChI is InChI=1S/C14H31N3O3S/c1-5-20-11-14(12(2)3)16-21(18,19)17-8-6-13(7-9-17)10-15-4/h12-16H,5-11H2,1-4H3. The lowest BCUT2D eigenvalue weighted by atomic mass is 9.98. The molecule has 1 aliphatic rings. The van der Waals surface area contributed by atoms with Crippen molar-refractivity contribution in [3.05, 3.63) is 0 Å². The first-order valence-electron chi connectivity index (χ1n) is 7.90. The second kappa shape index (κ2) is 9.05. The summed E-state index contributed by atoms with van der Waals surface area (Å²) < 4.78 is 34.7. The van der Waals surface area contributed by atoms with Crippen LogP contribution >= 0.6 is 0 Å². The highest BCUT2D eigenvalue weighted by Gasteiger charge is 2.30. The van der Waals surface area contributed by atoms with Gasteiger partial charge in [-0.25, -0.2) is 0 Å². The Balaban J connectivity index is 2.56. The van der Waals surface area contributed by atoms with Crippen LogP contribution in [0, 0.1) is 11.8 Å². The van der Waals surface area contributed by atoms with Crippen LogP contribution in [0.1, 0.15) is 33.6 Å². The Morgan fingerprint density at radius 1 is 1.29 bits per heavy atom. The third-order valence-corrected chi connectivity index (χ3v) is 5.66. The summed E-state index contributed by atoms with van der Waals surface area (Å²) in [6.45, 7) is 9.10. The Bertz CT molecular complexity index is 379. The molecule has 1 fully saturated rings. The molecule has 0 aliphatic carbocycles. The first-order valence-corrected chi connectivity index (χ1v) is 9.34. The normalized spacial score (nSPS) is 20.0. The predicted molar refractivity (Wildman–Crippen MR) is 85.4 cm³/mol. The van der Waals surface area contributed by atoms with Crippen LogP contribution in [0.5, 0.6) is 0 Å². The summed E-state index contributed by atoms with van der Waals surface area (Å²) in [5, 5.41) is 3.16. The summed E-state index contributed by atoms with van der Waals surface area (Å²) in [7, 11) is -1.48. The molecule has 6 nitrogen and oxygen atoms in total. The van der Waals surface area contributed by atoms with Gasteiger partial charge in [-0.2, -0.15) is 17.4 Å². The fourth-order valence-corrected chi connectivity index (χ4v) is 4.08. The molecule has 2 N–H and O–H groups in total. The van der Waals surface area contributed by atoms with Gasteiger partial charge in [0.1, 0.15) is 0 Å². The van der Waals surface area contributed by atoms with E-state index in [1.54, 1.807) is 4.31 Å². The molecule has 0 aromatic heterocycles. The lowest BCUT2D eigenvalue weighted by Gasteiger charge is -2.33. The molecule has 0 saturated carbocycles. The lowest BCUT2D eigenvalue weighted by molar-refractivity contribution is 0.115. The van der Waals surface area contributed by atoms with Gasteiger partial charge in [0.05, 0.1) is 6.61 Å². The van der Waals surface area contributed by atoms with Crippen molar-refractivity contribution in [1.82, 2.24) is 14.3 Å². The Morgan fingerprint density at radius 2 is 1.90 bits per heavy atom. The molecule has 0 aromatic rings. The number of piperidine rings is 1. The highest BCUT2D eigenvalue weighted by Crippen LogP contribution is 2.19. The van der Waals surface area contributed by atoms with Crippen LogP contribution in [0.2, 0.25) is 0 Å². The molecule has 1 saturated heterocycles. The molecule has 1 unspecified atom stereocenters. The molecule has 0 radical (unpaired) electrons. The van der Waals surface area contributed by atoms with Crippen LogP contribution in [0.3, 0.4) is 0 Å². The largest absolute Gasteiger partial charge is 0.380 e. The maximum absolute atomic E-state index is 12.5. The quantitative estimate of drug-likeness (QED) is 0.659. The number of hydrogen-bond donors (Lipinski definition) is 2. The van der Waals surface area contributed by atoms with Crippen molar-refractivity contribution in [3.63, 3.8) is 0 Å². The Morgan fingerprint density at radius 3 is 2.38 bits per heavy atom. The second-order valence-corrected chi connectivity index (χ2v) is 7.74. The average Bonchev–Trinajstić information content (AvgIpc) is 2.44. The van der Waals surface area contributed by atoms with Gasteiger partial charge in [0, 0.05) is 25.7 Å². The summed E-state index contributed by atoms with van der Waals surface area (Å²) in [5.74, 6) is 0.777. The van der Waals surface area contributed by atoms with Gasteiger partial charge in [-0.15, -0.1) is 0 Å². The van der Waals surface area contributed by atoms with Crippen molar-refractivity contribution in [2.45, 2.75) is 39.7 Å². The zero-order valence-corrected chi connectivity index (χ0v) is 14.6. The van der Waals surface area contributed by atoms with E-state index in [2.05, 4.69) is 10.0 Å². The Labute approximate surface area is 129 Å². The third kappa shape index (κ3) is 6.20. The van der Waals surface area contributed by atoms with Crippen molar-refractivity contribution in [2.24, 2.45) is 11.8 Å². The van der Waals surface area contributed by atoms with Crippen LogP contribution in [-0.2, 0) is 14.9 Å². The summed E-state index contributed by atoms with van der Waals surface area (Å²) in [6, 6.07) is -0.176. The van der Waals surface area contributed by atoms with Crippen molar-refractivity contribution in [1.29, 1.82) is 0 Å². The Hall–Kier alpha value is -0.210. The summed E-state index contributed by atoms with van der Waals surface area (Å²) >= 11 is 0. The molecular weight excluding hydrogens is 290 g/mol. The summed E-state index contributed by atoms with van der Waals surface area (Å²) in [4.78, 5) is 0. The second-order valence-electron chi connectivity index (χ2n) is 6.03. The minimum absolute atomic E-state index is 0.176. The van der Waals surface area contributed by atoms with Gasteiger partial charge in [0.15, 0.2) is 0 Å². The average molecular weight is 321 g/mol. The van der Waals surface area contributed by atoms with E-state index < -0.39 is 10.2 Å². The molecule has 0 spiro atoms. The molecule has 0 aromatic carbocycles. The first kappa shape index (κ1) is 18.8. The first-order chi connectivity index (χ1) is 9.90. The van der Waals surface area contributed by atoms with Gasteiger partial charge < -0.3 is 10.1 Å². The van der Waals surface area contributed by atoms with Crippen LogP contribution in [0.15, 0.2) is 0 Å². The number of ether oxygens (including phenoxy) is 1. The van der Waals surface area contributed by atoms with Crippen LogP contribution in [0.25, 0.3) is 0 Å². The molecule has 21 heavy (non-hydrogen) atoms. The minimum atomic E-state index is -3.41. The van der Waals surface area contributed by atoms with Crippen molar-refractivity contribution >= 4 is 10.2 Å². The number of rotatable bonds is 9. The van der Waals surface area contributed by atoms with Crippen molar-refractivity contribution < 1.29 is 13.2 Å². The Kier molecular flexibility index (Phi) is 8.12. The smallest absolute Gasteiger partial charge is 0.279 e. The highest BCUT2D eigenvalue weighted by atomic mass is 32.2. The van der Waals surface area contributed by atoms with Crippen LogP contribution < -0.4 is 10.0 Å². The zero-order chi connectivity index (χ0) is 15.9. The maximum Gasteiger partial charge on any atom is 0.279 e. The monoisotopic (exact) mass is 321 g/mol. The van der Waals surface area contributed by atoms with E-state index in [1.807, 2.05) is 27.8 Å². The minimum Gasteiger partial charge on any atom is -0.380 e. The van der Waals surface area contributed by atoms with Crippen LogP contribution in [-0.4, -0.2) is 58.7 Å². The lowest BCUT2D eigenvalue weighted by Crippen LogP contribution is -2.51. The van der Waals surface area contributed by atoms with E-state index in [4.69, 9.17) is 4.74 Å². The predicted octanol–water partition coefficient (Wildman–Crippen LogP) is 0.813. The van der Waals surface area contributed by atoms with E-state index in [1.165, 1.54) is 0 Å². The summed E-state index contributed by atoms with van der Waals surface area (Å²) in [6.07, 6.45) is 1.83. The molecule has 0 bridgehead atoms. The third-order valence-electron chi connectivity index (χ3n) is 4.01. The molecule has 1 atom stereocenters. The van der Waals surface area contributed by atoms with Gasteiger partial charge in [-0.1, -0.05) is 13.8 Å². The van der Waals surface area contributed by atoms with Gasteiger partial charge in [0.2, 0.25) is 0 Å². The fraction of sp³-hybridized carbons (Fsp3) is 1.00. The maximum atomic E-state index is 12.5.